The fraction of sp³-hybridized carbons (Fsp3) is 0.190. The van der Waals surface area contributed by atoms with Crippen LogP contribution in [-0.2, 0) is 21.4 Å². The molecule has 0 spiro atoms. The van der Waals surface area contributed by atoms with Gasteiger partial charge in [-0.1, -0.05) is 18.2 Å². The number of rotatable bonds is 6. The number of benzene rings is 2. The molecule has 0 radical (unpaired) electrons. The smallest absolute Gasteiger partial charge is 0.240 e. The van der Waals surface area contributed by atoms with Crippen LogP contribution in [0.2, 0.25) is 0 Å². The van der Waals surface area contributed by atoms with Crippen LogP contribution < -0.4 is 10.0 Å². The lowest BCUT2D eigenvalue weighted by Gasteiger charge is -2.11. The quantitative estimate of drug-likeness (QED) is 0.668. The minimum atomic E-state index is -3.66. The molecular weight excluding hydrogens is 374 g/mol. The molecule has 1 heterocycles. The number of sulfonamides is 1. The van der Waals surface area contributed by atoms with Crippen molar-refractivity contribution in [2.75, 3.05) is 5.32 Å². The number of anilines is 1. The topological polar surface area (TPSA) is 80.2 Å². The lowest BCUT2D eigenvalue weighted by Crippen LogP contribution is -2.23. The van der Waals surface area contributed by atoms with Crippen LogP contribution in [0.25, 0.3) is 5.69 Å². The Bertz CT molecular complexity index is 1090. The number of carbonyl (C=O) groups is 1. The number of hydrogen-bond acceptors (Lipinski definition) is 3. The van der Waals surface area contributed by atoms with Crippen molar-refractivity contribution < 1.29 is 13.2 Å². The van der Waals surface area contributed by atoms with E-state index in [4.69, 9.17) is 0 Å². The Hall–Kier alpha value is -2.90. The second kappa shape index (κ2) is 8.00. The highest BCUT2D eigenvalue weighted by molar-refractivity contribution is 7.89. The number of aromatic nitrogens is 1. The summed E-state index contributed by atoms with van der Waals surface area (Å²) in [5.74, 6) is -0.206. The van der Waals surface area contributed by atoms with Crippen molar-refractivity contribution in [1.82, 2.24) is 9.29 Å². The van der Waals surface area contributed by atoms with Gasteiger partial charge in [-0.3, -0.25) is 4.79 Å². The van der Waals surface area contributed by atoms with Gasteiger partial charge in [0, 0.05) is 36.2 Å². The van der Waals surface area contributed by atoms with Gasteiger partial charge in [0.1, 0.15) is 0 Å². The van der Waals surface area contributed by atoms with Gasteiger partial charge in [-0.05, 0) is 61.9 Å². The van der Waals surface area contributed by atoms with E-state index in [0.717, 1.165) is 22.6 Å². The van der Waals surface area contributed by atoms with E-state index in [9.17, 15) is 13.2 Å². The van der Waals surface area contributed by atoms with Crippen LogP contribution in [0.5, 0.6) is 0 Å². The number of para-hydroxylation sites is 1. The third-order valence-corrected chi connectivity index (χ3v) is 5.91. The molecule has 0 aliphatic heterocycles. The molecule has 28 heavy (non-hydrogen) atoms. The van der Waals surface area contributed by atoms with Gasteiger partial charge in [0.15, 0.2) is 0 Å². The van der Waals surface area contributed by atoms with Gasteiger partial charge in [0.05, 0.1) is 4.90 Å². The Kier molecular flexibility index (Phi) is 5.67. The summed E-state index contributed by atoms with van der Waals surface area (Å²) in [6.07, 6.45) is 0. The molecule has 2 aromatic carbocycles. The zero-order chi connectivity index (χ0) is 20.3. The minimum absolute atomic E-state index is 0.151. The number of carbonyl (C=O) groups excluding carboxylic acids is 1. The molecule has 0 fully saturated rings. The van der Waals surface area contributed by atoms with Crippen molar-refractivity contribution in [3.63, 3.8) is 0 Å². The summed E-state index contributed by atoms with van der Waals surface area (Å²) in [5.41, 5.74) is 4.54. The second-order valence-corrected chi connectivity index (χ2v) is 8.36. The summed E-state index contributed by atoms with van der Waals surface area (Å²) in [6, 6.07) is 18.0. The second-order valence-electron chi connectivity index (χ2n) is 6.60. The van der Waals surface area contributed by atoms with Gasteiger partial charge < -0.3 is 9.88 Å². The Balaban J connectivity index is 1.77. The predicted molar refractivity (Wildman–Crippen MR) is 110 cm³/mol. The normalized spacial score (nSPS) is 11.4. The molecule has 146 valence electrons. The SMILES string of the molecule is CC(=O)Nc1ccc(S(=O)(=O)NCc2cc(C)n(-c3ccccc3)c2C)cc1. The van der Waals surface area contributed by atoms with E-state index in [2.05, 4.69) is 14.6 Å². The third kappa shape index (κ3) is 4.32. The van der Waals surface area contributed by atoms with Gasteiger partial charge in [0.25, 0.3) is 0 Å². The van der Waals surface area contributed by atoms with Gasteiger partial charge in [-0.25, -0.2) is 13.1 Å². The molecule has 1 aromatic heterocycles. The van der Waals surface area contributed by atoms with Crippen molar-refractivity contribution in [3.8, 4) is 5.69 Å². The summed E-state index contributed by atoms with van der Waals surface area (Å²) >= 11 is 0. The van der Waals surface area contributed by atoms with Crippen molar-refractivity contribution in [2.24, 2.45) is 0 Å². The first-order valence-electron chi connectivity index (χ1n) is 8.88. The zero-order valence-corrected chi connectivity index (χ0v) is 16.9. The van der Waals surface area contributed by atoms with E-state index < -0.39 is 10.0 Å². The maximum atomic E-state index is 12.6. The van der Waals surface area contributed by atoms with Gasteiger partial charge >= 0.3 is 0 Å². The molecule has 2 N–H and O–H groups in total. The molecule has 0 saturated heterocycles. The lowest BCUT2D eigenvalue weighted by molar-refractivity contribution is -0.114. The molecule has 0 bridgehead atoms. The highest BCUT2D eigenvalue weighted by atomic mass is 32.2. The van der Waals surface area contributed by atoms with Crippen LogP contribution in [0.1, 0.15) is 23.9 Å². The molecule has 3 aromatic rings. The number of amides is 1. The number of nitrogens with one attached hydrogen (secondary N) is 2. The lowest BCUT2D eigenvalue weighted by atomic mass is 10.2. The van der Waals surface area contributed by atoms with Crippen molar-refractivity contribution in [2.45, 2.75) is 32.2 Å². The Labute approximate surface area is 165 Å². The molecule has 3 rings (SSSR count). The first-order valence-corrected chi connectivity index (χ1v) is 10.4. The molecule has 6 nitrogen and oxygen atoms in total. The van der Waals surface area contributed by atoms with E-state index in [1.54, 1.807) is 12.1 Å². The van der Waals surface area contributed by atoms with Gasteiger partial charge in [-0.2, -0.15) is 0 Å². The molecule has 1 amide bonds. The zero-order valence-electron chi connectivity index (χ0n) is 16.1. The van der Waals surface area contributed by atoms with Gasteiger partial charge in [0.2, 0.25) is 15.9 Å². The van der Waals surface area contributed by atoms with Gasteiger partial charge in [-0.15, -0.1) is 0 Å². The van der Waals surface area contributed by atoms with Crippen LogP contribution >= 0.6 is 0 Å². The molecule has 7 heteroatoms. The fourth-order valence-electron chi connectivity index (χ4n) is 3.16. The average Bonchev–Trinajstić information content (AvgIpc) is 2.94. The molecule has 0 unspecified atom stereocenters. The van der Waals surface area contributed by atoms with Crippen molar-refractivity contribution in [1.29, 1.82) is 0 Å². The molecule has 0 aliphatic carbocycles. The molecule has 0 aliphatic rings. The Morgan fingerprint density at radius 2 is 1.64 bits per heavy atom. The molecular formula is C21H23N3O3S. The first-order chi connectivity index (χ1) is 13.3. The highest BCUT2D eigenvalue weighted by Crippen LogP contribution is 2.21. The van der Waals surface area contributed by atoms with E-state index in [1.807, 2.05) is 50.2 Å². The van der Waals surface area contributed by atoms with Crippen LogP contribution in [0.4, 0.5) is 5.69 Å². The standard InChI is InChI=1S/C21H23N3O3S/c1-15-13-18(16(2)24(15)20-7-5-4-6-8-20)14-22-28(26,27)21-11-9-19(10-12-21)23-17(3)25/h4-13,22H,14H2,1-3H3,(H,23,25). The number of hydrogen-bond donors (Lipinski definition) is 2. The summed E-state index contributed by atoms with van der Waals surface area (Å²) < 4.78 is 30.0. The largest absolute Gasteiger partial charge is 0.326 e. The van der Waals surface area contributed by atoms with Crippen LogP contribution in [0.3, 0.4) is 0 Å². The summed E-state index contributed by atoms with van der Waals surface area (Å²) in [7, 11) is -3.66. The van der Waals surface area contributed by atoms with E-state index in [0.29, 0.717) is 5.69 Å². The summed E-state index contributed by atoms with van der Waals surface area (Å²) in [4.78, 5) is 11.2. The highest BCUT2D eigenvalue weighted by Gasteiger charge is 2.16. The maximum Gasteiger partial charge on any atom is 0.240 e. The number of aryl methyl sites for hydroxylation is 1. The molecule has 0 atom stereocenters. The first kappa shape index (κ1) is 19.9. The monoisotopic (exact) mass is 397 g/mol. The predicted octanol–water partition coefficient (Wildman–Crippen LogP) is 3.53. The molecule has 0 saturated carbocycles. The third-order valence-electron chi connectivity index (χ3n) is 4.49. The van der Waals surface area contributed by atoms with Crippen LogP contribution in [-0.4, -0.2) is 18.9 Å². The van der Waals surface area contributed by atoms with E-state index in [-0.39, 0.29) is 17.3 Å². The summed E-state index contributed by atoms with van der Waals surface area (Å²) in [6.45, 7) is 5.57. The maximum absolute atomic E-state index is 12.6. The summed E-state index contributed by atoms with van der Waals surface area (Å²) in [5, 5.41) is 2.62. The van der Waals surface area contributed by atoms with Crippen LogP contribution in [0.15, 0.2) is 65.6 Å². The van der Waals surface area contributed by atoms with Crippen LogP contribution in [0, 0.1) is 13.8 Å². The van der Waals surface area contributed by atoms with E-state index >= 15 is 0 Å². The Morgan fingerprint density at radius 1 is 1.00 bits per heavy atom. The fourth-order valence-corrected chi connectivity index (χ4v) is 4.17. The average molecular weight is 398 g/mol. The van der Waals surface area contributed by atoms with E-state index in [1.165, 1.54) is 19.1 Å². The number of nitrogens with zero attached hydrogens (tertiary/aromatic N) is 1. The van der Waals surface area contributed by atoms with Crippen molar-refractivity contribution >= 4 is 21.6 Å². The Morgan fingerprint density at radius 3 is 2.25 bits per heavy atom. The van der Waals surface area contributed by atoms with Crippen molar-refractivity contribution in [3.05, 3.63) is 77.6 Å². The minimum Gasteiger partial charge on any atom is -0.326 e.